The van der Waals surface area contributed by atoms with Crippen LogP contribution in [0.5, 0.6) is 0 Å². The van der Waals surface area contributed by atoms with Gasteiger partial charge in [-0.15, -0.1) is 0 Å². The van der Waals surface area contributed by atoms with Crippen molar-refractivity contribution in [2.75, 3.05) is 5.32 Å². The van der Waals surface area contributed by atoms with Crippen molar-refractivity contribution in [1.82, 2.24) is 14.8 Å². The summed E-state index contributed by atoms with van der Waals surface area (Å²) in [5, 5.41) is 8.51. The fraction of sp³-hybridized carbons (Fsp3) is 0.227. The second kappa shape index (κ2) is 7.37. The molecule has 3 heterocycles. The van der Waals surface area contributed by atoms with E-state index in [0.29, 0.717) is 33.0 Å². The number of carbonyl (C=O) groups excluding carboxylic acids is 1. The van der Waals surface area contributed by atoms with Crippen molar-refractivity contribution in [3.63, 3.8) is 0 Å². The van der Waals surface area contributed by atoms with Gasteiger partial charge in [-0.3, -0.25) is 4.79 Å². The number of para-hydroxylation sites is 1. The Balaban J connectivity index is 1.89. The number of furan rings is 1. The Morgan fingerprint density at radius 1 is 1.21 bits per heavy atom. The summed E-state index contributed by atoms with van der Waals surface area (Å²) in [5.41, 5.74) is 3.21. The Morgan fingerprint density at radius 3 is 2.62 bits per heavy atom. The molecule has 0 aliphatic carbocycles. The van der Waals surface area contributed by atoms with E-state index in [2.05, 4.69) is 10.4 Å². The van der Waals surface area contributed by atoms with E-state index in [-0.39, 0.29) is 11.9 Å². The smallest absolute Gasteiger partial charge is 0.256 e. The van der Waals surface area contributed by atoms with Gasteiger partial charge >= 0.3 is 0 Å². The zero-order valence-electron chi connectivity index (χ0n) is 16.7. The van der Waals surface area contributed by atoms with Crippen LogP contribution in [0.4, 0.5) is 5.69 Å². The Bertz CT molecular complexity index is 1220. The van der Waals surface area contributed by atoms with E-state index < -0.39 is 0 Å². The molecule has 1 aromatic carbocycles. The number of fused-ring (bicyclic) bond motifs is 1. The first kappa shape index (κ1) is 19.2. The van der Waals surface area contributed by atoms with Crippen LogP contribution in [0.3, 0.4) is 0 Å². The number of amides is 1. The molecule has 1 amide bonds. The van der Waals surface area contributed by atoms with Crippen molar-refractivity contribution in [1.29, 1.82) is 0 Å². The lowest BCUT2D eigenvalue weighted by atomic mass is 10.1. The van der Waals surface area contributed by atoms with Crippen LogP contribution in [0.2, 0.25) is 5.02 Å². The maximum atomic E-state index is 13.2. The molecule has 0 fully saturated rings. The van der Waals surface area contributed by atoms with Crippen LogP contribution < -0.4 is 5.32 Å². The van der Waals surface area contributed by atoms with Gasteiger partial charge in [-0.25, -0.2) is 9.67 Å². The summed E-state index contributed by atoms with van der Waals surface area (Å²) < 4.78 is 7.48. The number of aromatic nitrogens is 3. The number of pyridine rings is 1. The van der Waals surface area contributed by atoms with Crippen molar-refractivity contribution in [2.24, 2.45) is 0 Å². The Kier molecular flexibility index (Phi) is 4.88. The van der Waals surface area contributed by atoms with Gasteiger partial charge in [0.15, 0.2) is 5.65 Å². The van der Waals surface area contributed by atoms with Gasteiger partial charge in [-0.2, -0.15) is 5.10 Å². The maximum absolute atomic E-state index is 13.2. The molecular formula is C22H21ClN4O2. The predicted octanol–water partition coefficient (Wildman–Crippen LogP) is 5.79. The summed E-state index contributed by atoms with van der Waals surface area (Å²) in [7, 11) is 0. The summed E-state index contributed by atoms with van der Waals surface area (Å²) in [6, 6.07) is 10.9. The van der Waals surface area contributed by atoms with E-state index in [9.17, 15) is 4.79 Å². The first-order chi connectivity index (χ1) is 13.8. The van der Waals surface area contributed by atoms with Crippen molar-refractivity contribution in [3.8, 4) is 11.3 Å². The first-order valence-corrected chi connectivity index (χ1v) is 9.74. The number of hydrogen-bond donors (Lipinski definition) is 1. The Labute approximate surface area is 173 Å². The van der Waals surface area contributed by atoms with Crippen molar-refractivity contribution >= 4 is 34.2 Å². The minimum absolute atomic E-state index is 0.0990. The molecule has 3 aromatic heterocycles. The molecule has 0 spiro atoms. The average molecular weight is 409 g/mol. The molecule has 4 rings (SSSR count). The van der Waals surface area contributed by atoms with E-state index in [0.717, 1.165) is 17.1 Å². The lowest BCUT2D eigenvalue weighted by Gasteiger charge is -2.11. The molecule has 0 aliphatic heterocycles. The fourth-order valence-electron chi connectivity index (χ4n) is 3.36. The highest BCUT2D eigenvalue weighted by molar-refractivity contribution is 6.34. The van der Waals surface area contributed by atoms with Gasteiger partial charge in [0.25, 0.3) is 5.91 Å². The van der Waals surface area contributed by atoms with Crippen LogP contribution >= 0.6 is 11.6 Å². The molecule has 4 aromatic rings. The van der Waals surface area contributed by atoms with Gasteiger partial charge in [0.2, 0.25) is 0 Å². The largest absolute Gasteiger partial charge is 0.466 e. The van der Waals surface area contributed by atoms with Crippen LogP contribution in [0, 0.1) is 13.8 Å². The van der Waals surface area contributed by atoms with Crippen molar-refractivity contribution in [3.05, 3.63) is 64.7 Å². The van der Waals surface area contributed by atoms with E-state index >= 15 is 0 Å². The number of anilines is 1. The molecule has 0 bridgehead atoms. The number of benzene rings is 1. The van der Waals surface area contributed by atoms with Crippen molar-refractivity contribution in [2.45, 2.75) is 33.7 Å². The minimum atomic E-state index is -0.270. The summed E-state index contributed by atoms with van der Waals surface area (Å²) in [4.78, 5) is 18.0. The summed E-state index contributed by atoms with van der Waals surface area (Å²) in [5.74, 6) is 1.27. The third kappa shape index (κ3) is 3.51. The van der Waals surface area contributed by atoms with Gasteiger partial charge < -0.3 is 9.73 Å². The molecule has 29 heavy (non-hydrogen) atoms. The quantitative estimate of drug-likeness (QED) is 0.463. The normalized spacial score (nSPS) is 11.4. The van der Waals surface area contributed by atoms with E-state index in [1.54, 1.807) is 24.4 Å². The average Bonchev–Trinajstić information content (AvgIpc) is 3.25. The maximum Gasteiger partial charge on any atom is 0.256 e. The number of carbonyl (C=O) groups is 1. The molecule has 0 saturated carbocycles. The highest BCUT2D eigenvalue weighted by Crippen LogP contribution is 2.31. The lowest BCUT2D eigenvalue weighted by molar-refractivity contribution is 0.102. The van der Waals surface area contributed by atoms with Gasteiger partial charge in [-0.05, 0) is 52.0 Å². The Morgan fingerprint density at radius 2 is 1.97 bits per heavy atom. The molecule has 0 radical (unpaired) electrons. The fourth-order valence-corrected chi connectivity index (χ4v) is 3.54. The molecule has 1 N–H and O–H groups in total. The number of rotatable bonds is 4. The van der Waals surface area contributed by atoms with Crippen LogP contribution in [-0.4, -0.2) is 20.7 Å². The van der Waals surface area contributed by atoms with Gasteiger partial charge in [0.1, 0.15) is 11.5 Å². The van der Waals surface area contributed by atoms with Gasteiger partial charge in [0.05, 0.1) is 33.6 Å². The number of nitrogens with one attached hydrogen (secondary N) is 1. The third-order valence-corrected chi connectivity index (χ3v) is 5.07. The van der Waals surface area contributed by atoms with Crippen LogP contribution in [-0.2, 0) is 0 Å². The highest BCUT2D eigenvalue weighted by atomic mass is 35.5. The molecule has 7 heteroatoms. The zero-order chi connectivity index (χ0) is 20.7. The highest BCUT2D eigenvalue weighted by Gasteiger charge is 2.20. The number of hydrogen-bond acceptors (Lipinski definition) is 4. The second-order valence-corrected chi connectivity index (χ2v) is 7.64. The molecule has 6 nitrogen and oxygen atoms in total. The standard InChI is InChI=1S/C22H21ClN4O2/c1-12(2)27-21-17(11-24-27)16(22(28)26-19-8-6-5-7-18(19)23)10-20(25-21)15-9-13(3)29-14(15)4/h5-12H,1-4H3,(H,26,28). The number of halogens is 1. The topological polar surface area (TPSA) is 73.0 Å². The minimum Gasteiger partial charge on any atom is -0.466 e. The van der Waals surface area contributed by atoms with E-state index in [4.69, 9.17) is 21.0 Å². The molecule has 0 atom stereocenters. The third-order valence-electron chi connectivity index (χ3n) is 4.74. The zero-order valence-corrected chi connectivity index (χ0v) is 17.4. The first-order valence-electron chi connectivity index (χ1n) is 9.36. The van der Waals surface area contributed by atoms with E-state index in [1.807, 2.05) is 50.6 Å². The SMILES string of the molecule is Cc1cc(-c2cc(C(=O)Nc3ccccc3Cl)c3cnn(C(C)C)c3n2)c(C)o1. The molecular weight excluding hydrogens is 388 g/mol. The summed E-state index contributed by atoms with van der Waals surface area (Å²) >= 11 is 6.21. The molecule has 0 saturated heterocycles. The number of aryl methyl sites for hydroxylation is 2. The summed E-state index contributed by atoms with van der Waals surface area (Å²) in [6.07, 6.45) is 1.68. The van der Waals surface area contributed by atoms with E-state index in [1.165, 1.54) is 0 Å². The Hall–Kier alpha value is -3.12. The van der Waals surface area contributed by atoms with Crippen LogP contribution in [0.1, 0.15) is 41.8 Å². The molecule has 0 unspecified atom stereocenters. The predicted molar refractivity (Wildman–Crippen MR) is 114 cm³/mol. The van der Waals surface area contributed by atoms with Gasteiger partial charge in [-0.1, -0.05) is 23.7 Å². The number of nitrogens with zero attached hydrogens (tertiary/aromatic N) is 3. The lowest BCUT2D eigenvalue weighted by Crippen LogP contribution is -2.13. The van der Waals surface area contributed by atoms with Crippen LogP contribution in [0.25, 0.3) is 22.3 Å². The molecule has 0 aliphatic rings. The van der Waals surface area contributed by atoms with Crippen LogP contribution in [0.15, 0.2) is 47.0 Å². The van der Waals surface area contributed by atoms with Crippen molar-refractivity contribution < 1.29 is 9.21 Å². The molecule has 148 valence electrons. The van der Waals surface area contributed by atoms with Gasteiger partial charge in [0, 0.05) is 11.6 Å². The monoisotopic (exact) mass is 408 g/mol. The summed E-state index contributed by atoms with van der Waals surface area (Å²) in [6.45, 7) is 7.82. The second-order valence-electron chi connectivity index (χ2n) is 7.24.